The van der Waals surface area contributed by atoms with Gasteiger partial charge < -0.3 is 15.1 Å². The van der Waals surface area contributed by atoms with Gasteiger partial charge in [-0.3, -0.25) is 14.2 Å². The highest BCUT2D eigenvalue weighted by atomic mass is 35.5. The summed E-state index contributed by atoms with van der Waals surface area (Å²) in [5, 5.41) is 6.84. The number of nitrogens with zero attached hydrogens (tertiary/aromatic N) is 2. The van der Waals surface area contributed by atoms with Gasteiger partial charge in [-0.15, -0.1) is 0 Å². The van der Waals surface area contributed by atoms with Gasteiger partial charge in [-0.2, -0.15) is 0 Å². The number of carbonyl (C=O) groups is 2. The van der Waals surface area contributed by atoms with Gasteiger partial charge in [0.15, 0.2) is 5.16 Å². The van der Waals surface area contributed by atoms with Crippen LogP contribution in [-0.4, -0.2) is 27.1 Å². The molecule has 0 aliphatic rings. The molecule has 0 radical (unpaired) electrons. The number of hydrogen-bond acceptors (Lipinski definition) is 5. The highest BCUT2D eigenvalue weighted by Gasteiger charge is 2.12. The van der Waals surface area contributed by atoms with Gasteiger partial charge in [-0.25, -0.2) is 4.98 Å². The third kappa shape index (κ3) is 5.60. The second-order valence-electron chi connectivity index (χ2n) is 6.74. The Hall–Kier alpha value is -3.49. The van der Waals surface area contributed by atoms with Gasteiger partial charge in [-0.1, -0.05) is 35.5 Å². The molecule has 4 rings (SSSR count). The molecule has 0 aliphatic carbocycles. The molecule has 0 aliphatic heterocycles. The highest BCUT2D eigenvalue weighted by molar-refractivity contribution is 7.99. The van der Waals surface area contributed by atoms with E-state index in [-0.39, 0.29) is 17.6 Å². The summed E-state index contributed by atoms with van der Waals surface area (Å²) in [6.45, 7) is 0.310. The second-order valence-corrected chi connectivity index (χ2v) is 8.12. The minimum atomic E-state index is -0.210. The van der Waals surface area contributed by atoms with Gasteiger partial charge in [0.2, 0.25) is 5.91 Å². The summed E-state index contributed by atoms with van der Waals surface area (Å²) in [6, 6.07) is 17.7. The third-order valence-electron chi connectivity index (χ3n) is 4.44. The number of anilines is 1. The molecule has 0 fully saturated rings. The predicted octanol–water partition coefficient (Wildman–Crippen LogP) is 4.78. The van der Waals surface area contributed by atoms with Crippen molar-refractivity contribution in [3.63, 3.8) is 0 Å². The third-order valence-corrected chi connectivity index (χ3v) is 5.64. The van der Waals surface area contributed by atoms with Crippen LogP contribution < -0.4 is 10.6 Å². The molecule has 9 heteroatoms. The van der Waals surface area contributed by atoms with Gasteiger partial charge in [-0.05, 0) is 48.5 Å². The fourth-order valence-corrected chi connectivity index (χ4v) is 3.93. The van der Waals surface area contributed by atoms with Crippen molar-refractivity contribution in [2.75, 3.05) is 11.1 Å². The number of nitrogens with one attached hydrogen (secondary N) is 2. The van der Waals surface area contributed by atoms with Crippen molar-refractivity contribution in [3.05, 3.63) is 95.7 Å². The molecule has 0 unspecified atom stereocenters. The lowest BCUT2D eigenvalue weighted by Crippen LogP contribution is -2.22. The first kappa shape index (κ1) is 21.7. The molecule has 0 spiro atoms. The molecule has 32 heavy (non-hydrogen) atoms. The van der Waals surface area contributed by atoms with E-state index in [1.165, 1.54) is 11.8 Å². The zero-order chi connectivity index (χ0) is 22.3. The second kappa shape index (κ2) is 10.2. The monoisotopic (exact) mass is 466 g/mol. The molecule has 7 nitrogen and oxygen atoms in total. The maximum absolute atomic E-state index is 12.5. The lowest BCUT2D eigenvalue weighted by molar-refractivity contribution is -0.113. The minimum Gasteiger partial charge on any atom is -0.467 e. The number of thioether (sulfide) groups is 1. The van der Waals surface area contributed by atoms with Crippen molar-refractivity contribution < 1.29 is 14.0 Å². The SMILES string of the molecule is O=C(CSc1nccn1-c1cccc(C(=O)NCc2ccco2)c1)Nc1cccc(Cl)c1. The number of amides is 2. The molecular formula is C23H19ClN4O3S. The van der Waals surface area contributed by atoms with Crippen molar-refractivity contribution in [1.29, 1.82) is 0 Å². The number of hydrogen-bond donors (Lipinski definition) is 2. The van der Waals surface area contributed by atoms with E-state index >= 15 is 0 Å². The van der Waals surface area contributed by atoms with E-state index in [4.69, 9.17) is 16.0 Å². The van der Waals surface area contributed by atoms with E-state index in [2.05, 4.69) is 15.6 Å². The lowest BCUT2D eigenvalue weighted by Gasteiger charge is -2.10. The van der Waals surface area contributed by atoms with Crippen molar-refractivity contribution in [2.24, 2.45) is 0 Å². The summed E-state index contributed by atoms with van der Waals surface area (Å²) in [7, 11) is 0. The van der Waals surface area contributed by atoms with Crippen LogP contribution in [0, 0.1) is 0 Å². The molecular weight excluding hydrogens is 448 g/mol. The Morgan fingerprint density at radius 3 is 2.78 bits per heavy atom. The molecule has 2 heterocycles. The highest BCUT2D eigenvalue weighted by Crippen LogP contribution is 2.22. The largest absolute Gasteiger partial charge is 0.467 e. The van der Waals surface area contributed by atoms with Gasteiger partial charge in [0.25, 0.3) is 5.91 Å². The van der Waals surface area contributed by atoms with Crippen LogP contribution in [0.4, 0.5) is 5.69 Å². The Bertz CT molecular complexity index is 1220. The molecule has 0 bridgehead atoms. The summed E-state index contributed by atoms with van der Waals surface area (Å²) in [6.07, 6.45) is 5.01. The van der Waals surface area contributed by atoms with E-state index in [1.807, 2.05) is 10.6 Å². The van der Waals surface area contributed by atoms with Crippen LogP contribution >= 0.6 is 23.4 Å². The first-order valence-electron chi connectivity index (χ1n) is 9.71. The fraction of sp³-hybridized carbons (Fsp3) is 0.0870. The van der Waals surface area contributed by atoms with E-state index in [9.17, 15) is 9.59 Å². The first-order chi connectivity index (χ1) is 15.6. The topological polar surface area (TPSA) is 89.2 Å². The number of furan rings is 1. The lowest BCUT2D eigenvalue weighted by atomic mass is 10.2. The number of rotatable bonds is 8. The molecule has 2 aromatic heterocycles. The van der Waals surface area contributed by atoms with Gasteiger partial charge in [0.1, 0.15) is 5.76 Å². The van der Waals surface area contributed by atoms with Crippen molar-refractivity contribution in [3.8, 4) is 5.69 Å². The van der Waals surface area contributed by atoms with Crippen molar-refractivity contribution in [2.45, 2.75) is 11.7 Å². The normalized spacial score (nSPS) is 10.7. The van der Waals surface area contributed by atoms with Crippen LogP contribution in [-0.2, 0) is 11.3 Å². The number of carbonyl (C=O) groups excluding carboxylic acids is 2. The van der Waals surface area contributed by atoms with E-state index in [0.29, 0.717) is 33.7 Å². The van der Waals surface area contributed by atoms with E-state index < -0.39 is 0 Å². The molecule has 162 valence electrons. The Morgan fingerprint density at radius 1 is 1.09 bits per heavy atom. The Balaban J connectivity index is 1.39. The Labute approximate surface area is 193 Å². The first-order valence-corrected chi connectivity index (χ1v) is 11.1. The summed E-state index contributed by atoms with van der Waals surface area (Å²) >= 11 is 7.25. The van der Waals surface area contributed by atoms with Crippen LogP contribution in [0.5, 0.6) is 0 Å². The van der Waals surface area contributed by atoms with Crippen molar-refractivity contribution in [1.82, 2.24) is 14.9 Å². The molecule has 0 saturated carbocycles. The average Bonchev–Trinajstić information content (AvgIpc) is 3.48. The summed E-state index contributed by atoms with van der Waals surface area (Å²) < 4.78 is 7.07. The number of imidazole rings is 1. The van der Waals surface area contributed by atoms with Gasteiger partial charge in [0.05, 0.1) is 18.6 Å². The molecule has 2 N–H and O–H groups in total. The van der Waals surface area contributed by atoms with Crippen molar-refractivity contribution >= 4 is 40.9 Å². The zero-order valence-electron chi connectivity index (χ0n) is 16.8. The number of aromatic nitrogens is 2. The van der Waals surface area contributed by atoms with E-state index in [0.717, 1.165) is 5.69 Å². The van der Waals surface area contributed by atoms with Crippen LogP contribution in [0.1, 0.15) is 16.1 Å². The number of halogens is 1. The maximum atomic E-state index is 12.5. The molecule has 0 saturated heterocycles. The molecule has 2 aromatic carbocycles. The van der Waals surface area contributed by atoms with Crippen LogP contribution in [0.3, 0.4) is 0 Å². The predicted molar refractivity (Wildman–Crippen MR) is 124 cm³/mol. The molecule has 0 atom stereocenters. The van der Waals surface area contributed by atoms with Crippen LogP contribution in [0.15, 0.2) is 88.9 Å². The van der Waals surface area contributed by atoms with Gasteiger partial charge >= 0.3 is 0 Å². The Morgan fingerprint density at radius 2 is 1.97 bits per heavy atom. The molecule has 2 amide bonds. The summed E-state index contributed by atoms with van der Waals surface area (Å²) in [4.78, 5) is 29.2. The zero-order valence-corrected chi connectivity index (χ0v) is 18.4. The smallest absolute Gasteiger partial charge is 0.251 e. The van der Waals surface area contributed by atoms with E-state index in [1.54, 1.807) is 73.3 Å². The maximum Gasteiger partial charge on any atom is 0.251 e. The fourth-order valence-electron chi connectivity index (χ4n) is 2.97. The minimum absolute atomic E-state index is 0.169. The number of benzene rings is 2. The van der Waals surface area contributed by atoms with Crippen LogP contribution in [0.2, 0.25) is 5.02 Å². The summed E-state index contributed by atoms with van der Waals surface area (Å²) in [5.41, 5.74) is 1.92. The Kier molecular flexibility index (Phi) is 6.94. The quantitative estimate of drug-likeness (QED) is 0.365. The summed E-state index contributed by atoms with van der Waals surface area (Å²) in [5.74, 6) is 0.475. The standard InChI is InChI=1S/C23H19ClN4O3S/c24-17-5-2-6-18(13-17)27-21(29)15-32-23-25-9-10-28(23)19-7-1-4-16(12-19)22(30)26-14-20-8-3-11-31-20/h1-13H,14-15H2,(H,26,30)(H,27,29). The van der Waals surface area contributed by atoms with Gasteiger partial charge in [0, 0.05) is 34.4 Å². The molecule has 4 aromatic rings. The average molecular weight is 467 g/mol. The van der Waals surface area contributed by atoms with Crippen LogP contribution in [0.25, 0.3) is 5.69 Å².